The van der Waals surface area contributed by atoms with Gasteiger partial charge in [0.15, 0.2) is 0 Å². The molecule has 0 aromatic heterocycles. The van der Waals surface area contributed by atoms with Crippen LogP contribution in [0.25, 0.3) is 0 Å². The predicted octanol–water partition coefficient (Wildman–Crippen LogP) is 2.39. The van der Waals surface area contributed by atoms with Gasteiger partial charge in [-0.1, -0.05) is 38.1 Å². The van der Waals surface area contributed by atoms with Crippen molar-refractivity contribution in [1.29, 1.82) is 0 Å². The van der Waals surface area contributed by atoms with E-state index in [2.05, 4.69) is 0 Å². The number of aliphatic carboxylic acids is 1. The highest BCUT2D eigenvalue weighted by Crippen LogP contribution is 2.35. The minimum absolute atomic E-state index is 0.0647. The molecule has 1 atom stereocenters. The Morgan fingerprint density at radius 3 is 2.22 bits per heavy atom. The lowest BCUT2D eigenvalue weighted by molar-refractivity contribution is -0.138. The molecule has 0 heterocycles. The summed E-state index contributed by atoms with van der Waals surface area (Å²) in [6.45, 7) is 2.91. The van der Waals surface area contributed by atoms with Gasteiger partial charge in [-0.25, -0.2) is 8.78 Å². The maximum Gasteiger partial charge on any atom is 0.320 e. The lowest BCUT2D eigenvalue weighted by Gasteiger charge is -2.21. The summed E-state index contributed by atoms with van der Waals surface area (Å²) in [7, 11) is 0. The summed E-state index contributed by atoms with van der Waals surface area (Å²) in [4.78, 5) is 10.6. The molecule has 0 spiro atoms. The summed E-state index contributed by atoms with van der Waals surface area (Å²) >= 11 is 0. The number of carboxylic acid groups (broad SMARTS) is 1. The zero-order valence-corrected chi connectivity index (χ0v) is 10.4. The Kier molecular flexibility index (Phi) is 4.40. The summed E-state index contributed by atoms with van der Waals surface area (Å²) in [6.07, 6.45) is 0.128. The molecule has 3 N–H and O–H groups in total. The van der Waals surface area contributed by atoms with Crippen molar-refractivity contribution in [1.82, 2.24) is 0 Å². The van der Waals surface area contributed by atoms with Crippen molar-refractivity contribution >= 4 is 5.97 Å². The van der Waals surface area contributed by atoms with Crippen molar-refractivity contribution in [3.05, 3.63) is 35.4 Å². The Morgan fingerprint density at radius 1 is 1.33 bits per heavy atom. The number of rotatable bonds is 5. The molecular formula is C13H17F2NO2. The minimum atomic E-state index is -2.88. The fraction of sp³-hybridized carbons (Fsp3) is 0.462. The molecule has 0 aliphatic rings. The van der Waals surface area contributed by atoms with Crippen molar-refractivity contribution in [2.75, 3.05) is 0 Å². The topological polar surface area (TPSA) is 63.3 Å². The van der Waals surface area contributed by atoms with E-state index in [0.29, 0.717) is 5.56 Å². The number of carbonyl (C=O) groups is 1. The first-order valence-corrected chi connectivity index (χ1v) is 5.70. The lowest BCUT2D eigenvalue weighted by Crippen LogP contribution is -2.32. The van der Waals surface area contributed by atoms with Gasteiger partial charge in [-0.2, -0.15) is 0 Å². The van der Waals surface area contributed by atoms with Crippen molar-refractivity contribution < 1.29 is 18.7 Å². The second kappa shape index (κ2) is 5.44. The Balaban J connectivity index is 2.84. The molecule has 0 aliphatic heterocycles. The van der Waals surface area contributed by atoms with Crippen LogP contribution in [0.3, 0.4) is 0 Å². The van der Waals surface area contributed by atoms with Crippen molar-refractivity contribution in [3.63, 3.8) is 0 Å². The maximum atomic E-state index is 13.7. The van der Waals surface area contributed by atoms with Crippen molar-refractivity contribution in [3.8, 4) is 0 Å². The van der Waals surface area contributed by atoms with Gasteiger partial charge in [0.25, 0.3) is 5.92 Å². The number of alkyl halides is 2. The number of benzene rings is 1. The SMILES string of the molecule is CC(C)C(F)(F)c1ccc(CC(N)C(=O)O)cc1. The van der Waals surface area contributed by atoms with Crippen LogP contribution in [0.5, 0.6) is 0 Å². The van der Waals surface area contributed by atoms with E-state index in [9.17, 15) is 13.6 Å². The van der Waals surface area contributed by atoms with Crippen LogP contribution in [0, 0.1) is 5.92 Å². The van der Waals surface area contributed by atoms with E-state index in [0.717, 1.165) is 0 Å². The molecule has 1 aromatic rings. The van der Waals surface area contributed by atoms with Gasteiger partial charge in [0.1, 0.15) is 6.04 Å². The van der Waals surface area contributed by atoms with Crippen LogP contribution in [0.15, 0.2) is 24.3 Å². The number of hydrogen-bond acceptors (Lipinski definition) is 2. The quantitative estimate of drug-likeness (QED) is 0.851. The molecule has 0 bridgehead atoms. The van der Waals surface area contributed by atoms with Gasteiger partial charge in [-0.05, 0) is 12.0 Å². The molecule has 0 aliphatic carbocycles. The molecule has 0 saturated carbocycles. The van der Waals surface area contributed by atoms with Gasteiger partial charge >= 0.3 is 5.97 Å². The molecule has 1 rings (SSSR count). The van der Waals surface area contributed by atoms with E-state index in [1.54, 1.807) is 0 Å². The Labute approximate surface area is 105 Å². The molecular weight excluding hydrogens is 240 g/mol. The summed E-state index contributed by atoms with van der Waals surface area (Å²) in [5.74, 6) is -4.77. The first kappa shape index (κ1) is 14.6. The van der Waals surface area contributed by atoms with Crippen molar-refractivity contribution in [2.24, 2.45) is 11.7 Å². The summed E-state index contributed by atoms with van der Waals surface area (Å²) < 4.78 is 27.4. The van der Waals surface area contributed by atoms with Crippen LogP contribution in [0.4, 0.5) is 8.78 Å². The summed E-state index contributed by atoms with van der Waals surface area (Å²) in [6, 6.07) is 4.62. The highest BCUT2D eigenvalue weighted by atomic mass is 19.3. The van der Waals surface area contributed by atoms with Gasteiger partial charge in [0.2, 0.25) is 0 Å². The summed E-state index contributed by atoms with van der Waals surface area (Å²) in [5, 5.41) is 8.65. The first-order valence-electron chi connectivity index (χ1n) is 5.70. The van der Waals surface area contributed by atoms with E-state index in [1.807, 2.05) is 0 Å². The number of hydrogen-bond donors (Lipinski definition) is 2. The molecule has 0 saturated heterocycles. The zero-order chi connectivity index (χ0) is 13.9. The minimum Gasteiger partial charge on any atom is -0.480 e. The van der Waals surface area contributed by atoms with Crippen LogP contribution < -0.4 is 5.73 Å². The number of nitrogens with two attached hydrogens (primary N) is 1. The third kappa shape index (κ3) is 3.26. The fourth-order valence-corrected chi connectivity index (χ4v) is 1.54. The molecule has 1 aromatic carbocycles. The molecule has 0 amide bonds. The lowest BCUT2D eigenvalue weighted by atomic mass is 9.96. The molecule has 0 fully saturated rings. The number of carboxylic acids is 1. The van der Waals surface area contributed by atoms with Gasteiger partial charge < -0.3 is 10.8 Å². The maximum absolute atomic E-state index is 13.7. The second-order valence-corrected chi connectivity index (χ2v) is 4.62. The predicted molar refractivity (Wildman–Crippen MR) is 64.5 cm³/mol. The average molecular weight is 257 g/mol. The number of halogens is 2. The van der Waals surface area contributed by atoms with Gasteiger partial charge in [-0.3, -0.25) is 4.79 Å². The molecule has 100 valence electrons. The van der Waals surface area contributed by atoms with Gasteiger partial charge in [0, 0.05) is 11.5 Å². The second-order valence-electron chi connectivity index (χ2n) is 4.62. The highest BCUT2D eigenvalue weighted by molar-refractivity contribution is 5.73. The van der Waals surface area contributed by atoms with E-state index >= 15 is 0 Å². The van der Waals surface area contributed by atoms with E-state index in [-0.39, 0.29) is 12.0 Å². The third-order valence-electron chi connectivity index (χ3n) is 2.84. The van der Waals surface area contributed by atoms with Crippen LogP contribution in [0.2, 0.25) is 0 Å². The Bertz CT molecular complexity index is 416. The molecule has 5 heteroatoms. The molecule has 1 unspecified atom stereocenters. The van der Waals surface area contributed by atoms with Crippen LogP contribution in [-0.4, -0.2) is 17.1 Å². The average Bonchev–Trinajstić information content (AvgIpc) is 2.29. The molecule has 18 heavy (non-hydrogen) atoms. The Hall–Kier alpha value is -1.49. The largest absolute Gasteiger partial charge is 0.480 e. The van der Waals surface area contributed by atoms with Crippen LogP contribution >= 0.6 is 0 Å². The van der Waals surface area contributed by atoms with E-state index in [4.69, 9.17) is 10.8 Å². The monoisotopic (exact) mass is 257 g/mol. The summed E-state index contributed by atoms with van der Waals surface area (Å²) in [5.41, 5.74) is 5.94. The van der Waals surface area contributed by atoms with Gasteiger partial charge in [-0.15, -0.1) is 0 Å². The molecule has 3 nitrogen and oxygen atoms in total. The standard InChI is InChI=1S/C13H17F2NO2/c1-8(2)13(14,15)10-5-3-9(4-6-10)7-11(16)12(17)18/h3-6,8,11H,7,16H2,1-2H3,(H,17,18). The molecule has 0 radical (unpaired) electrons. The Morgan fingerprint density at radius 2 is 1.83 bits per heavy atom. The highest BCUT2D eigenvalue weighted by Gasteiger charge is 2.35. The van der Waals surface area contributed by atoms with Crippen molar-refractivity contribution in [2.45, 2.75) is 32.2 Å². The van der Waals surface area contributed by atoms with Crippen LogP contribution in [0.1, 0.15) is 25.0 Å². The smallest absolute Gasteiger partial charge is 0.320 e. The first-order chi connectivity index (χ1) is 8.25. The zero-order valence-electron chi connectivity index (χ0n) is 10.4. The van der Waals surface area contributed by atoms with Gasteiger partial charge in [0.05, 0.1) is 0 Å². The normalized spacial score (nSPS) is 13.7. The van der Waals surface area contributed by atoms with E-state index < -0.39 is 23.9 Å². The van der Waals surface area contributed by atoms with Crippen LogP contribution in [-0.2, 0) is 17.1 Å². The third-order valence-corrected chi connectivity index (χ3v) is 2.84. The van der Waals surface area contributed by atoms with E-state index in [1.165, 1.54) is 38.1 Å². The fourth-order valence-electron chi connectivity index (χ4n) is 1.54.